The fraction of sp³-hybridized carbons (Fsp3) is 1.00. The van der Waals surface area contributed by atoms with Crippen molar-refractivity contribution < 1.29 is 57.4 Å². The molecule has 0 rings (SSSR count). The lowest BCUT2D eigenvalue weighted by Gasteiger charge is -2.42. The molecule has 0 saturated heterocycles. The van der Waals surface area contributed by atoms with Crippen LogP contribution in [-0.4, -0.2) is 35.9 Å². The predicted octanol–water partition coefficient (Wildman–Crippen LogP) is 5.55. The van der Waals surface area contributed by atoms with Gasteiger partial charge in [0, 0.05) is 12.8 Å². The minimum Gasteiger partial charge on any atom is -0.284 e. The second-order valence-electron chi connectivity index (χ2n) is 4.40. The zero-order valence-corrected chi connectivity index (χ0v) is 11.4. The average molecular weight is 374 g/mol. The number of alkyl halides is 12. The predicted molar refractivity (Wildman–Crippen MR) is 51.3 cm³/mol. The van der Waals surface area contributed by atoms with Crippen molar-refractivity contribution in [1.29, 1.82) is 0 Å². The molecule has 0 bridgehead atoms. The monoisotopic (exact) mass is 374 g/mol. The minimum atomic E-state index is -6.93. The summed E-state index contributed by atoms with van der Waals surface area (Å²) in [6.07, 6.45) is -18.1. The highest BCUT2D eigenvalue weighted by atomic mass is 19.4. The highest BCUT2D eigenvalue weighted by Gasteiger charge is 2.82. The van der Waals surface area contributed by atoms with Crippen molar-refractivity contribution in [3.63, 3.8) is 0 Å². The van der Waals surface area contributed by atoms with E-state index in [-0.39, 0.29) is 13.8 Å². The number of hydrogen-bond acceptors (Lipinski definition) is 1. The molecule has 0 radical (unpaired) electrons. The largest absolute Gasteiger partial charge is 0.455 e. The van der Waals surface area contributed by atoms with Crippen LogP contribution in [0.3, 0.4) is 0 Å². The van der Waals surface area contributed by atoms with Crippen LogP contribution in [0.4, 0.5) is 52.7 Å². The van der Waals surface area contributed by atoms with Crippen molar-refractivity contribution in [3.8, 4) is 0 Å². The zero-order chi connectivity index (χ0) is 19.1. The van der Waals surface area contributed by atoms with Crippen LogP contribution in [0.5, 0.6) is 0 Å². The van der Waals surface area contributed by atoms with Crippen LogP contribution in [0, 0.1) is 0 Å². The van der Waals surface area contributed by atoms with Gasteiger partial charge in [-0.25, -0.2) is 0 Å². The van der Waals surface area contributed by atoms with Crippen LogP contribution in [0.1, 0.15) is 26.7 Å². The molecule has 1 nitrogen and oxygen atoms in total. The van der Waals surface area contributed by atoms with Crippen molar-refractivity contribution in [2.45, 2.75) is 62.6 Å². The van der Waals surface area contributed by atoms with Crippen LogP contribution in [0.25, 0.3) is 0 Å². The Hall–Kier alpha value is -0.880. The highest BCUT2D eigenvalue weighted by Crippen LogP contribution is 2.56. The van der Waals surface area contributed by atoms with E-state index in [9.17, 15) is 52.7 Å². The first-order valence-corrected chi connectivity index (χ1v) is 5.80. The van der Waals surface area contributed by atoms with E-state index < -0.39 is 48.7 Å². The molecule has 0 aliphatic rings. The molecule has 140 valence electrons. The fourth-order valence-corrected chi connectivity index (χ4v) is 1.33. The molecule has 0 aliphatic carbocycles. The van der Waals surface area contributed by atoms with Crippen molar-refractivity contribution in [2.75, 3.05) is 0 Å². The molecule has 0 aromatic heterocycles. The summed E-state index contributed by atoms with van der Waals surface area (Å²) in [6, 6.07) is 0. The van der Waals surface area contributed by atoms with E-state index in [0.717, 1.165) is 0 Å². The summed E-state index contributed by atoms with van der Waals surface area (Å²) < 4.78 is 156. The van der Waals surface area contributed by atoms with E-state index >= 15 is 0 Å². The average Bonchev–Trinajstić information content (AvgIpc) is 2.35. The molecular weight excluding hydrogens is 364 g/mol. The van der Waals surface area contributed by atoms with Crippen LogP contribution in [0.15, 0.2) is 0 Å². The second-order valence-corrected chi connectivity index (χ2v) is 4.40. The summed E-state index contributed by atoms with van der Waals surface area (Å²) in [5.74, 6) is -24.8. The maximum absolute atomic E-state index is 13.6. The van der Waals surface area contributed by atoms with Gasteiger partial charge in [0.1, 0.15) is 0 Å². The van der Waals surface area contributed by atoms with Crippen molar-refractivity contribution >= 4 is 0 Å². The molecule has 0 aliphatic heterocycles. The zero-order valence-electron chi connectivity index (χ0n) is 11.4. The van der Waals surface area contributed by atoms with Crippen molar-refractivity contribution in [2.24, 2.45) is 0 Å². The number of hydrogen-bond donors (Lipinski definition) is 0. The Balaban J connectivity index is 6.36. The van der Waals surface area contributed by atoms with E-state index in [1.54, 1.807) is 0 Å². The summed E-state index contributed by atoms with van der Waals surface area (Å²) in [6.45, 7) is 0.407. The summed E-state index contributed by atoms with van der Waals surface area (Å²) >= 11 is 0. The molecule has 23 heavy (non-hydrogen) atoms. The van der Waals surface area contributed by atoms with Crippen LogP contribution in [-0.2, 0) is 4.74 Å². The Morgan fingerprint density at radius 2 is 0.739 bits per heavy atom. The van der Waals surface area contributed by atoms with Gasteiger partial charge in [-0.15, -0.1) is 0 Å². The van der Waals surface area contributed by atoms with Gasteiger partial charge < -0.3 is 0 Å². The number of halogens is 12. The Morgan fingerprint density at radius 1 is 0.522 bits per heavy atom. The highest BCUT2D eigenvalue weighted by molar-refractivity contribution is 4.99. The summed E-state index contributed by atoms with van der Waals surface area (Å²) in [5.41, 5.74) is 0. The Morgan fingerprint density at radius 3 is 0.870 bits per heavy atom. The molecule has 0 fully saturated rings. The van der Waals surface area contributed by atoms with Gasteiger partial charge in [-0.05, 0) is 0 Å². The van der Waals surface area contributed by atoms with Crippen LogP contribution < -0.4 is 0 Å². The maximum Gasteiger partial charge on any atom is 0.455 e. The Bertz CT molecular complexity index is 375. The molecule has 0 aromatic carbocycles. The second kappa shape index (κ2) is 5.88. The molecule has 0 saturated carbocycles. The fourth-order valence-electron chi connectivity index (χ4n) is 1.33. The first-order chi connectivity index (χ1) is 9.83. The Kier molecular flexibility index (Phi) is 5.66. The van der Waals surface area contributed by atoms with Gasteiger partial charge in [0.2, 0.25) is 0 Å². The van der Waals surface area contributed by atoms with Gasteiger partial charge in [0.15, 0.2) is 0 Å². The molecule has 0 aromatic rings. The molecule has 0 heterocycles. The van der Waals surface area contributed by atoms with Gasteiger partial charge in [-0.3, -0.25) is 4.74 Å². The maximum atomic E-state index is 13.6. The van der Waals surface area contributed by atoms with E-state index in [1.807, 2.05) is 0 Å². The molecule has 13 heteroatoms. The Labute approximate surface area is 121 Å². The third-order valence-electron chi connectivity index (χ3n) is 2.84. The molecular formula is C10H10F12O. The lowest BCUT2D eigenvalue weighted by molar-refractivity contribution is -0.500. The molecule has 2 atom stereocenters. The molecule has 0 amide bonds. The lowest BCUT2D eigenvalue weighted by Crippen LogP contribution is -2.67. The number of ether oxygens (including phenoxy) is 1. The first kappa shape index (κ1) is 22.1. The standard InChI is InChI=1S/C10H10F12O/c1-3-5(11,12)7(15,9(17,18)19)23-8(16,10(20,21)22)6(13,14)4-2/h3-4H2,1-2H3. The minimum absolute atomic E-state index is 0.203. The van der Waals surface area contributed by atoms with Gasteiger partial charge in [0.05, 0.1) is 0 Å². The summed E-state index contributed by atoms with van der Waals surface area (Å²) in [5, 5.41) is 0. The summed E-state index contributed by atoms with van der Waals surface area (Å²) in [7, 11) is 0. The van der Waals surface area contributed by atoms with Crippen LogP contribution >= 0.6 is 0 Å². The normalized spacial score (nSPS) is 20.1. The SMILES string of the molecule is CCC(F)(F)C(F)(OC(F)(C(F)(F)F)C(F)(F)CC)C(F)(F)F. The van der Waals surface area contributed by atoms with Gasteiger partial charge in [0.25, 0.3) is 0 Å². The third kappa shape index (κ3) is 3.48. The van der Waals surface area contributed by atoms with Crippen molar-refractivity contribution in [1.82, 2.24) is 0 Å². The van der Waals surface area contributed by atoms with Gasteiger partial charge in [-0.1, -0.05) is 13.8 Å². The molecule has 0 spiro atoms. The van der Waals surface area contributed by atoms with E-state index in [4.69, 9.17) is 0 Å². The molecule has 0 N–H and O–H groups in total. The summed E-state index contributed by atoms with van der Waals surface area (Å²) in [4.78, 5) is 0. The number of rotatable bonds is 6. The molecule has 2 unspecified atom stereocenters. The smallest absolute Gasteiger partial charge is 0.284 e. The van der Waals surface area contributed by atoms with Gasteiger partial charge >= 0.3 is 35.9 Å². The van der Waals surface area contributed by atoms with Crippen LogP contribution in [0.2, 0.25) is 0 Å². The van der Waals surface area contributed by atoms with E-state index in [0.29, 0.717) is 0 Å². The lowest BCUT2D eigenvalue weighted by atomic mass is 10.0. The quantitative estimate of drug-likeness (QED) is 0.554. The first-order valence-electron chi connectivity index (χ1n) is 5.80. The third-order valence-corrected chi connectivity index (χ3v) is 2.84. The van der Waals surface area contributed by atoms with E-state index in [1.165, 1.54) is 0 Å². The van der Waals surface area contributed by atoms with Crippen molar-refractivity contribution in [3.05, 3.63) is 0 Å². The van der Waals surface area contributed by atoms with Gasteiger partial charge in [-0.2, -0.15) is 52.7 Å². The topological polar surface area (TPSA) is 9.23 Å². The van der Waals surface area contributed by atoms with E-state index in [2.05, 4.69) is 4.74 Å².